The van der Waals surface area contributed by atoms with E-state index in [-0.39, 0.29) is 19.1 Å². The second-order valence-electron chi connectivity index (χ2n) is 12.6. The van der Waals surface area contributed by atoms with Gasteiger partial charge in [-0.3, -0.25) is 9.59 Å². The smallest absolute Gasteiger partial charge is 0.303 e. The molecule has 0 saturated carbocycles. The Morgan fingerprint density at radius 2 is 1.17 bits per heavy atom. The van der Waals surface area contributed by atoms with Gasteiger partial charge in [0.1, 0.15) is 55.4 Å². The molecule has 0 bridgehead atoms. The van der Waals surface area contributed by atoms with Gasteiger partial charge < -0.3 is 59.4 Å². The molecule has 11 unspecified atom stereocenters. The summed E-state index contributed by atoms with van der Waals surface area (Å²) >= 11 is 0. The molecule has 2 fully saturated rings. The van der Waals surface area contributed by atoms with Crippen molar-refractivity contribution in [2.24, 2.45) is 0 Å². The minimum absolute atomic E-state index is 0.263. The Labute approximate surface area is 271 Å². The molecular weight excluding hydrogens is 608 g/mol. The van der Waals surface area contributed by atoms with Crippen LogP contribution in [0.5, 0.6) is 0 Å². The zero-order valence-corrected chi connectivity index (χ0v) is 27.4. The van der Waals surface area contributed by atoms with Crippen molar-refractivity contribution in [2.45, 2.75) is 178 Å². The lowest BCUT2D eigenvalue weighted by Gasteiger charge is -2.46. The van der Waals surface area contributed by atoms with Crippen molar-refractivity contribution in [1.29, 1.82) is 0 Å². The summed E-state index contributed by atoms with van der Waals surface area (Å²) in [6.45, 7) is 2.02. The highest BCUT2D eigenvalue weighted by molar-refractivity contribution is 5.66. The van der Waals surface area contributed by atoms with Crippen LogP contribution in [0.25, 0.3) is 0 Å². The van der Waals surface area contributed by atoms with E-state index in [9.17, 15) is 40.2 Å². The Morgan fingerprint density at radius 1 is 0.674 bits per heavy atom. The third kappa shape index (κ3) is 14.3. The molecule has 0 aromatic carbocycles. The number of esters is 1. The highest BCUT2D eigenvalue weighted by atomic mass is 16.8. The van der Waals surface area contributed by atoms with Crippen LogP contribution < -0.4 is 0 Å². The van der Waals surface area contributed by atoms with Crippen LogP contribution in [0, 0.1) is 0 Å². The number of carboxylic acids is 1. The average Bonchev–Trinajstić information content (AvgIpc) is 3.01. The quantitative estimate of drug-likeness (QED) is 0.0607. The van der Waals surface area contributed by atoms with E-state index >= 15 is 0 Å². The molecule has 46 heavy (non-hydrogen) atoms. The van der Waals surface area contributed by atoms with Crippen LogP contribution in [0.15, 0.2) is 0 Å². The van der Waals surface area contributed by atoms with Crippen LogP contribution >= 0.6 is 0 Å². The minimum atomic E-state index is -1.74. The van der Waals surface area contributed by atoms with Crippen LogP contribution in [0.2, 0.25) is 0 Å². The van der Waals surface area contributed by atoms with Gasteiger partial charge in [0, 0.05) is 13.3 Å². The van der Waals surface area contributed by atoms with E-state index in [0.717, 1.165) is 44.9 Å². The molecule has 270 valence electrons. The van der Waals surface area contributed by atoms with Crippen molar-refractivity contribution in [3.8, 4) is 0 Å². The first-order valence-corrected chi connectivity index (χ1v) is 16.9. The predicted octanol–water partition coefficient (Wildman–Crippen LogP) is 1.52. The molecule has 2 aliphatic rings. The van der Waals surface area contributed by atoms with Crippen LogP contribution in [-0.4, -0.2) is 128 Å². The zero-order valence-electron chi connectivity index (χ0n) is 27.4. The van der Waals surface area contributed by atoms with Gasteiger partial charge in [-0.25, -0.2) is 0 Å². The standard InChI is InChI=1S/C32H58O14/c1-20(16-14-12-10-8-6-4-3-5-7-9-11-13-15-17-24(35)36)43-32-30(28(40)26(38)23(45-32)19-42-21(2)34)46-31-29(41)27(39)25(37)22(18-33)44-31/h20,22-23,25-33,37-41H,3-19H2,1-2H3,(H,35,36). The molecule has 0 aromatic heterocycles. The highest BCUT2D eigenvalue weighted by Crippen LogP contribution is 2.31. The number of carbonyl (C=O) groups is 2. The Bertz CT molecular complexity index is 844. The second kappa shape index (κ2) is 22.2. The molecule has 0 aromatic rings. The Kier molecular flexibility index (Phi) is 19.7. The van der Waals surface area contributed by atoms with Gasteiger partial charge in [-0.2, -0.15) is 0 Å². The first kappa shape index (κ1) is 40.7. The molecule has 2 heterocycles. The number of hydrogen-bond donors (Lipinski definition) is 7. The van der Waals surface area contributed by atoms with Gasteiger partial charge >= 0.3 is 11.9 Å². The molecule has 2 rings (SSSR count). The summed E-state index contributed by atoms with van der Waals surface area (Å²) in [5, 5.41) is 70.4. The van der Waals surface area contributed by atoms with Gasteiger partial charge in [0.05, 0.1) is 12.7 Å². The maximum Gasteiger partial charge on any atom is 0.303 e. The molecule has 14 heteroatoms. The van der Waals surface area contributed by atoms with Crippen molar-refractivity contribution in [3.63, 3.8) is 0 Å². The van der Waals surface area contributed by atoms with Gasteiger partial charge in [0.15, 0.2) is 12.6 Å². The molecule has 2 aliphatic heterocycles. The Hall–Kier alpha value is -1.46. The monoisotopic (exact) mass is 666 g/mol. The number of carbonyl (C=O) groups excluding carboxylic acids is 1. The number of aliphatic hydroxyl groups is 6. The highest BCUT2D eigenvalue weighted by Gasteiger charge is 2.51. The van der Waals surface area contributed by atoms with E-state index in [2.05, 4.69) is 0 Å². The first-order chi connectivity index (χ1) is 22.0. The third-order valence-electron chi connectivity index (χ3n) is 8.60. The van der Waals surface area contributed by atoms with E-state index in [1.807, 2.05) is 6.92 Å². The average molecular weight is 667 g/mol. The summed E-state index contributed by atoms with van der Waals surface area (Å²) in [6, 6.07) is 0. The fourth-order valence-electron chi connectivity index (χ4n) is 5.78. The van der Waals surface area contributed by atoms with E-state index < -0.39 is 80.0 Å². The molecule has 0 aliphatic carbocycles. The van der Waals surface area contributed by atoms with Crippen molar-refractivity contribution in [1.82, 2.24) is 0 Å². The number of hydrogen-bond acceptors (Lipinski definition) is 13. The van der Waals surface area contributed by atoms with Crippen LogP contribution in [0.1, 0.15) is 110 Å². The first-order valence-electron chi connectivity index (χ1n) is 16.9. The predicted molar refractivity (Wildman–Crippen MR) is 163 cm³/mol. The second-order valence-corrected chi connectivity index (χ2v) is 12.6. The van der Waals surface area contributed by atoms with Gasteiger partial charge in [-0.1, -0.05) is 77.0 Å². The molecule has 0 radical (unpaired) electrons. The Morgan fingerprint density at radius 3 is 1.70 bits per heavy atom. The fraction of sp³-hybridized carbons (Fsp3) is 0.938. The lowest BCUT2D eigenvalue weighted by Crippen LogP contribution is -2.65. The van der Waals surface area contributed by atoms with Crippen molar-refractivity contribution in [3.05, 3.63) is 0 Å². The van der Waals surface area contributed by atoms with E-state index in [1.54, 1.807) is 0 Å². The number of ether oxygens (including phenoxy) is 5. The fourth-order valence-corrected chi connectivity index (χ4v) is 5.78. The van der Waals surface area contributed by atoms with Gasteiger partial charge in [0.25, 0.3) is 0 Å². The Balaban J connectivity index is 1.76. The number of unbranched alkanes of at least 4 members (excludes halogenated alkanes) is 12. The summed E-state index contributed by atoms with van der Waals surface area (Å²) in [6.07, 6.45) is -0.0955. The summed E-state index contributed by atoms with van der Waals surface area (Å²) in [5.74, 6) is -1.32. The van der Waals surface area contributed by atoms with Crippen molar-refractivity contribution < 1.29 is 69.0 Å². The molecule has 14 nitrogen and oxygen atoms in total. The normalized spacial score (nSPS) is 32.3. The molecule has 0 spiro atoms. The largest absolute Gasteiger partial charge is 0.481 e. The SMILES string of the molecule is CC(=O)OCC1OC(OC(C)CCCCCCCCCCCCCCCC(=O)O)C(OC2OC(CO)C(O)C(O)C2O)C(O)C1O. The lowest BCUT2D eigenvalue weighted by atomic mass is 9.97. The number of aliphatic hydroxyl groups excluding tert-OH is 6. The summed E-state index contributed by atoms with van der Waals surface area (Å²) < 4.78 is 28.1. The minimum Gasteiger partial charge on any atom is -0.481 e. The zero-order chi connectivity index (χ0) is 34.1. The van der Waals surface area contributed by atoms with Crippen LogP contribution in [0.3, 0.4) is 0 Å². The van der Waals surface area contributed by atoms with Crippen LogP contribution in [-0.2, 0) is 33.3 Å². The summed E-state index contributed by atoms with van der Waals surface area (Å²) in [7, 11) is 0. The molecule has 11 atom stereocenters. The number of rotatable bonds is 23. The number of aliphatic carboxylic acids is 1. The van der Waals surface area contributed by atoms with Gasteiger partial charge in [-0.05, 0) is 19.8 Å². The van der Waals surface area contributed by atoms with Crippen molar-refractivity contribution in [2.75, 3.05) is 13.2 Å². The number of carboxylic acid groups (broad SMARTS) is 1. The van der Waals surface area contributed by atoms with E-state index in [4.69, 9.17) is 28.8 Å². The maximum absolute atomic E-state index is 11.3. The van der Waals surface area contributed by atoms with E-state index in [0.29, 0.717) is 6.42 Å². The molecule has 2 saturated heterocycles. The van der Waals surface area contributed by atoms with Gasteiger partial charge in [-0.15, -0.1) is 0 Å². The van der Waals surface area contributed by atoms with E-state index in [1.165, 1.54) is 45.4 Å². The van der Waals surface area contributed by atoms with Gasteiger partial charge in [0.2, 0.25) is 0 Å². The molecular formula is C32H58O14. The summed E-state index contributed by atoms with van der Waals surface area (Å²) in [5.41, 5.74) is 0. The molecule has 7 N–H and O–H groups in total. The lowest BCUT2D eigenvalue weighted by molar-refractivity contribution is -0.371. The summed E-state index contributed by atoms with van der Waals surface area (Å²) in [4.78, 5) is 21.9. The topological polar surface area (TPSA) is 222 Å². The maximum atomic E-state index is 11.3. The van der Waals surface area contributed by atoms with Crippen molar-refractivity contribution >= 4 is 11.9 Å². The molecule has 0 amide bonds. The van der Waals surface area contributed by atoms with Crippen LogP contribution in [0.4, 0.5) is 0 Å². The third-order valence-corrected chi connectivity index (χ3v) is 8.60.